The fourth-order valence-electron chi connectivity index (χ4n) is 4.05. The van der Waals surface area contributed by atoms with Gasteiger partial charge in [0.25, 0.3) is 0 Å². The first-order chi connectivity index (χ1) is 13.1. The molecule has 0 radical (unpaired) electrons. The lowest BCUT2D eigenvalue weighted by Crippen LogP contribution is -2.39. The van der Waals surface area contributed by atoms with Crippen LogP contribution in [0.1, 0.15) is 51.0 Å². The van der Waals surface area contributed by atoms with Crippen LogP contribution in [0.5, 0.6) is 0 Å². The van der Waals surface area contributed by atoms with Gasteiger partial charge in [-0.25, -0.2) is 4.98 Å². The number of aromatic nitrogens is 2. The first-order valence-corrected chi connectivity index (χ1v) is 10.4. The molecular weight excluding hydrogens is 342 g/mol. The number of likely N-dealkylation sites (tertiary alicyclic amines) is 1. The molecule has 2 aliphatic rings. The number of amides is 2. The Bertz CT molecular complexity index is 644. The van der Waals surface area contributed by atoms with Crippen molar-refractivity contribution in [2.75, 3.05) is 39.3 Å². The minimum Gasteiger partial charge on any atom is -0.345 e. The van der Waals surface area contributed by atoms with Gasteiger partial charge in [0.05, 0.1) is 5.92 Å². The molecule has 0 saturated carbocycles. The summed E-state index contributed by atoms with van der Waals surface area (Å²) in [5.41, 5.74) is 1.15. The van der Waals surface area contributed by atoms with Crippen LogP contribution < -0.4 is 0 Å². The molecule has 3 rings (SSSR count). The Morgan fingerprint density at radius 3 is 2.85 bits per heavy atom. The zero-order valence-electron chi connectivity index (χ0n) is 16.7. The van der Waals surface area contributed by atoms with Crippen LogP contribution in [0.3, 0.4) is 0 Å². The van der Waals surface area contributed by atoms with Crippen LogP contribution in [0.25, 0.3) is 0 Å². The molecule has 2 saturated heterocycles. The summed E-state index contributed by atoms with van der Waals surface area (Å²) in [6.45, 7) is 9.68. The SMILES string of the molecule is CCCCc1ncc(CN2CCCN(C(=O)C3CC(=O)N(CC)C3)CC2)[nH]1. The van der Waals surface area contributed by atoms with Crippen molar-refractivity contribution in [1.29, 1.82) is 0 Å². The zero-order chi connectivity index (χ0) is 19.2. The zero-order valence-corrected chi connectivity index (χ0v) is 16.7. The van der Waals surface area contributed by atoms with Crippen LogP contribution in [0.4, 0.5) is 0 Å². The van der Waals surface area contributed by atoms with Crippen LogP contribution in [0.15, 0.2) is 6.20 Å². The highest BCUT2D eigenvalue weighted by Gasteiger charge is 2.36. The molecule has 2 amide bonds. The summed E-state index contributed by atoms with van der Waals surface area (Å²) in [6, 6.07) is 0. The second-order valence-corrected chi connectivity index (χ2v) is 7.75. The summed E-state index contributed by atoms with van der Waals surface area (Å²) < 4.78 is 0. The van der Waals surface area contributed by atoms with Gasteiger partial charge >= 0.3 is 0 Å². The van der Waals surface area contributed by atoms with E-state index in [-0.39, 0.29) is 17.7 Å². The van der Waals surface area contributed by atoms with E-state index in [0.29, 0.717) is 19.5 Å². The molecule has 1 N–H and O–H groups in total. The molecule has 150 valence electrons. The molecule has 2 aliphatic heterocycles. The van der Waals surface area contributed by atoms with E-state index in [1.165, 1.54) is 6.42 Å². The highest BCUT2D eigenvalue weighted by molar-refractivity contribution is 5.89. The third-order valence-corrected chi connectivity index (χ3v) is 5.69. The smallest absolute Gasteiger partial charge is 0.228 e. The van der Waals surface area contributed by atoms with Gasteiger partial charge < -0.3 is 14.8 Å². The van der Waals surface area contributed by atoms with Gasteiger partial charge in [0, 0.05) is 70.5 Å². The molecule has 0 bridgehead atoms. The average Bonchev–Trinajstić information content (AvgIpc) is 3.19. The predicted octanol–water partition coefficient (Wildman–Crippen LogP) is 1.66. The second kappa shape index (κ2) is 9.35. The number of aromatic amines is 1. The molecule has 1 atom stereocenters. The first kappa shape index (κ1) is 19.9. The Balaban J connectivity index is 1.49. The second-order valence-electron chi connectivity index (χ2n) is 7.75. The topological polar surface area (TPSA) is 72.5 Å². The van der Waals surface area contributed by atoms with E-state index in [1.54, 1.807) is 4.90 Å². The molecule has 1 unspecified atom stereocenters. The number of carbonyl (C=O) groups is 2. The molecule has 1 aromatic heterocycles. The number of hydrogen-bond acceptors (Lipinski definition) is 4. The Kier molecular flexibility index (Phi) is 6.88. The molecule has 0 spiro atoms. The van der Waals surface area contributed by atoms with E-state index >= 15 is 0 Å². The number of nitrogens with one attached hydrogen (secondary N) is 1. The van der Waals surface area contributed by atoms with Gasteiger partial charge in [0.15, 0.2) is 0 Å². The summed E-state index contributed by atoms with van der Waals surface area (Å²) in [7, 11) is 0. The number of imidazole rings is 1. The molecule has 7 heteroatoms. The normalized spacial score (nSPS) is 21.7. The summed E-state index contributed by atoms with van der Waals surface area (Å²) in [5, 5.41) is 0. The number of hydrogen-bond donors (Lipinski definition) is 1. The highest BCUT2D eigenvalue weighted by Crippen LogP contribution is 2.21. The molecule has 0 aromatic carbocycles. The lowest BCUT2D eigenvalue weighted by atomic mass is 10.1. The van der Waals surface area contributed by atoms with Crippen molar-refractivity contribution >= 4 is 11.8 Å². The van der Waals surface area contributed by atoms with Gasteiger partial charge in [0.1, 0.15) is 5.82 Å². The van der Waals surface area contributed by atoms with Crippen LogP contribution >= 0.6 is 0 Å². The van der Waals surface area contributed by atoms with Gasteiger partial charge in [-0.05, 0) is 19.8 Å². The van der Waals surface area contributed by atoms with E-state index in [1.807, 2.05) is 18.0 Å². The fourth-order valence-corrected chi connectivity index (χ4v) is 4.05. The minimum absolute atomic E-state index is 0.116. The number of rotatable bonds is 7. The van der Waals surface area contributed by atoms with Crippen molar-refractivity contribution in [2.45, 2.75) is 52.5 Å². The summed E-state index contributed by atoms with van der Waals surface area (Å²) in [6.07, 6.45) is 6.64. The Hall–Kier alpha value is -1.89. The van der Waals surface area contributed by atoms with Crippen molar-refractivity contribution in [3.05, 3.63) is 17.7 Å². The molecular formula is C20H33N5O2. The van der Waals surface area contributed by atoms with Crippen molar-refractivity contribution < 1.29 is 9.59 Å². The van der Waals surface area contributed by atoms with Crippen LogP contribution in [-0.2, 0) is 22.6 Å². The maximum absolute atomic E-state index is 12.8. The highest BCUT2D eigenvalue weighted by atomic mass is 16.2. The number of carbonyl (C=O) groups excluding carboxylic acids is 2. The molecule has 2 fully saturated rings. The van der Waals surface area contributed by atoms with Gasteiger partial charge in [-0.15, -0.1) is 0 Å². The largest absolute Gasteiger partial charge is 0.345 e. The van der Waals surface area contributed by atoms with Gasteiger partial charge in [-0.1, -0.05) is 13.3 Å². The standard InChI is InChI=1S/C20H33N5O2/c1-3-5-7-18-21-13-17(22-18)15-23-8-6-9-25(11-10-23)20(27)16-12-19(26)24(4-2)14-16/h13,16H,3-12,14-15H2,1-2H3,(H,21,22). The van der Waals surface area contributed by atoms with Crippen LogP contribution in [-0.4, -0.2) is 75.8 Å². The third kappa shape index (κ3) is 5.09. The third-order valence-electron chi connectivity index (χ3n) is 5.69. The molecule has 7 nitrogen and oxygen atoms in total. The summed E-state index contributed by atoms with van der Waals surface area (Å²) >= 11 is 0. The molecule has 1 aromatic rings. The fraction of sp³-hybridized carbons (Fsp3) is 0.750. The van der Waals surface area contributed by atoms with Gasteiger partial charge in [-0.3, -0.25) is 14.5 Å². The van der Waals surface area contributed by atoms with Crippen molar-refractivity contribution in [1.82, 2.24) is 24.7 Å². The number of unbranched alkanes of at least 4 members (excludes halogenated alkanes) is 1. The maximum Gasteiger partial charge on any atom is 0.228 e. The Morgan fingerprint density at radius 2 is 2.11 bits per heavy atom. The Labute approximate surface area is 162 Å². The van der Waals surface area contributed by atoms with E-state index in [9.17, 15) is 9.59 Å². The van der Waals surface area contributed by atoms with Crippen molar-refractivity contribution in [3.8, 4) is 0 Å². The first-order valence-electron chi connectivity index (χ1n) is 10.4. The van der Waals surface area contributed by atoms with Crippen LogP contribution in [0, 0.1) is 5.92 Å². The average molecular weight is 376 g/mol. The number of H-pyrrole nitrogens is 1. The van der Waals surface area contributed by atoms with E-state index in [4.69, 9.17) is 0 Å². The van der Waals surface area contributed by atoms with Crippen molar-refractivity contribution in [3.63, 3.8) is 0 Å². The maximum atomic E-state index is 12.8. The molecule has 3 heterocycles. The lowest BCUT2D eigenvalue weighted by molar-refractivity contribution is -0.135. The minimum atomic E-state index is -0.155. The van der Waals surface area contributed by atoms with Gasteiger partial charge in [-0.2, -0.15) is 0 Å². The molecule has 0 aliphatic carbocycles. The molecule has 27 heavy (non-hydrogen) atoms. The predicted molar refractivity (Wildman–Crippen MR) is 104 cm³/mol. The van der Waals surface area contributed by atoms with Gasteiger partial charge in [0.2, 0.25) is 11.8 Å². The van der Waals surface area contributed by atoms with Crippen LogP contribution in [0.2, 0.25) is 0 Å². The lowest BCUT2D eigenvalue weighted by Gasteiger charge is -2.24. The monoisotopic (exact) mass is 375 g/mol. The number of nitrogens with zero attached hydrogens (tertiary/aromatic N) is 4. The quantitative estimate of drug-likeness (QED) is 0.787. The Morgan fingerprint density at radius 1 is 1.26 bits per heavy atom. The number of aryl methyl sites for hydroxylation is 1. The summed E-state index contributed by atoms with van der Waals surface area (Å²) in [4.78, 5) is 38.8. The van der Waals surface area contributed by atoms with E-state index < -0.39 is 0 Å². The van der Waals surface area contributed by atoms with E-state index in [2.05, 4.69) is 21.8 Å². The van der Waals surface area contributed by atoms with Crippen molar-refractivity contribution in [2.24, 2.45) is 5.92 Å². The summed E-state index contributed by atoms with van der Waals surface area (Å²) in [5.74, 6) is 1.19. The van der Waals surface area contributed by atoms with E-state index in [0.717, 1.165) is 63.5 Å².